The number of pyridine rings is 2. The number of esters is 1. The van der Waals surface area contributed by atoms with E-state index in [2.05, 4.69) is 15.3 Å². The van der Waals surface area contributed by atoms with E-state index in [4.69, 9.17) is 4.74 Å². The Labute approximate surface area is 221 Å². The molecule has 9 nitrogen and oxygen atoms in total. The molecule has 0 bridgehead atoms. The number of aryl methyl sites for hydroxylation is 2. The third-order valence-electron chi connectivity index (χ3n) is 5.88. The van der Waals surface area contributed by atoms with E-state index in [1.165, 1.54) is 23.3 Å². The number of carbonyl (C=O) groups is 2. The minimum absolute atomic E-state index is 0.0710. The topological polar surface area (TPSA) is 120 Å². The van der Waals surface area contributed by atoms with Crippen LogP contribution in [0.1, 0.15) is 64.1 Å². The number of nitrogens with one attached hydrogen (secondary N) is 1. The standard InChI is InChI=1S/C28H30N4O5S/c1-17-7-9-22(10-8-17)38(35,36)32-12-11-23-20(16-30-18(2)25(23)32)14-21-13-19(27(34)37-28(3,4)5)15-24(31-21)26(33)29-6/h7-13,15-16H,14H2,1-6H3,(H,29,33). The summed E-state index contributed by atoms with van der Waals surface area (Å²) < 4.78 is 33.6. The molecular weight excluding hydrogens is 504 g/mol. The van der Waals surface area contributed by atoms with Crippen molar-refractivity contribution in [3.05, 3.63) is 88.6 Å². The Kier molecular flexibility index (Phi) is 7.12. The highest BCUT2D eigenvalue weighted by atomic mass is 32.2. The maximum Gasteiger partial charge on any atom is 0.338 e. The lowest BCUT2D eigenvalue weighted by atomic mass is 10.0. The molecule has 198 valence electrons. The molecule has 0 atom stereocenters. The van der Waals surface area contributed by atoms with Crippen LogP contribution in [0.25, 0.3) is 10.9 Å². The van der Waals surface area contributed by atoms with Gasteiger partial charge < -0.3 is 10.1 Å². The summed E-state index contributed by atoms with van der Waals surface area (Å²) in [5.74, 6) is -1.02. The summed E-state index contributed by atoms with van der Waals surface area (Å²) in [6, 6.07) is 11.4. The molecule has 1 N–H and O–H groups in total. The fourth-order valence-corrected chi connectivity index (χ4v) is 5.47. The molecule has 0 spiro atoms. The van der Waals surface area contributed by atoms with Crippen molar-refractivity contribution in [1.29, 1.82) is 0 Å². The Morgan fingerprint density at radius 2 is 1.74 bits per heavy atom. The zero-order chi connectivity index (χ0) is 27.8. The van der Waals surface area contributed by atoms with Gasteiger partial charge in [-0.05, 0) is 70.5 Å². The molecular formula is C28H30N4O5S. The fraction of sp³-hybridized carbons (Fsp3) is 0.286. The molecule has 4 aromatic rings. The van der Waals surface area contributed by atoms with Crippen molar-refractivity contribution in [1.82, 2.24) is 19.3 Å². The van der Waals surface area contributed by atoms with Crippen LogP contribution >= 0.6 is 0 Å². The molecule has 3 heterocycles. The molecule has 38 heavy (non-hydrogen) atoms. The number of rotatable bonds is 6. The number of hydrogen-bond donors (Lipinski definition) is 1. The lowest BCUT2D eigenvalue weighted by Gasteiger charge is -2.20. The number of hydrogen-bond acceptors (Lipinski definition) is 7. The predicted octanol–water partition coefficient (Wildman–Crippen LogP) is 4.19. The average Bonchev–Trinajstić information content (AvgIpc) is 3.32. The van der Waals surface area contributed by atoms with Crippen molar-refractivity contribution in [2.45, 2.75) is 51.5 Å². The lowest BCUT2D eigenvalue weighted by Crippen LogP contribution is -2.25. The fourth-order valence-electron chi connectivity index (χ4n) is 4.07. The zero-order valence-corrected chi connectivity index (χ0v) is 23.0. The van der Waals surface area contributed by atoms with Gasteiger partial charge in [0.2, 0.25) is 0 Å². The van der Waals surface area contributed by atoms with Crippen LogP contribution in [-0.2, 0) is 21.2 Å². The largest absolute Gasteiger partial charge is 0.456 e. The highest BCUT2D eigenvalue weighted by Crippen LogP contribution is 2.28. The molecule has 0 saturated heterocycles. The second kappa shape index (κ2) is 10.0. The highest BCUT2D eigenvalue weighted by molar-refractivity contribution is 7.90. The van der Waals surface area contributed by atoms with E-state index < -0.39 is 27.5 Å². The SMILES string of the molecule is CNC(=O)c1cc(C(=O)OC(C)(C)C)cc(Cc2cnc(C)c3c2ccn3S(=O)(=O)c2ccc(C)cc2)n1. The van der Waals surface area contributed by atoms with Crippen molar-refractivity contribution >= 4 is 32.8 Å². The Hall–Kier alpha value is -4.05. The van der Waals surface area contributed by atoms with E-state index in [1.807, 2.05) is 6.92 Å². The quantitative estimate of drug-likeness (QED) is 0.368. The van der Waals surface area contributed by atoms with Gasteiger partial charge in [-0.2, -0.15) is 0 Å². The molecule has 0 unspecified atom stereocenters. The van der Waals surface area contributed by atoms with Gasteiger partial charge in [-0.3, -0.25) is 9.78 Å². The molecule has 0 aliphatic rings. The Morgan fingerprint density at radius 1 is 1.05 bits per heavy atom. The molecule has 1 aromatic carbocycles. The van der Waals surface area contributed by atoms with Gasteiger partial charge >= 0.3 is 5.97 Å². The number of nitrogens with zero attached hydrogens (tertiary/aromatic N) is 3. The van der Waals surface area contributed by atoms with Gasteiger partial charge in [-0.25, -0.2) is 22.2 Å². The zero-order valence-electron chi connectivity index (χ0n) is 22.2. The molecule has 1 amide bonds. The number of ether oxygens (including phenoxy) is 1. The first-order valence-electron chi connectivity index (χ1n) is 12.0. The van der Waals surface area contributed by atoms with E-state index in [1.54, 1.807) is 70.3 Å². The summed E-state index contributed by atoms with van der Waals surface area (Å²) in [6.45, 7) is 8.92. The van der Waals surface area contributed by atoms with Gasteiger partial charge in [-0.15, -0.1) is 0 Å². The summed E-state index contributed by atoms with van der Waals surface area (Å²) in [7, 11) is -2.38. The van der Waals surface area contributed by atoms with Crippen molar-refractivity contribution in [3.63, 3.8) is 0 Å². The molecule has 0 fully saturated rings. The number of carbonyl (C=O) groups excluding carboxylic acids is 2. The summed E-state index contributed by atoms with van der Waals surface area (Å²) >= 11 is 0. The van der Waals surface area contributed by atoms with E-state index in [9.17, 15) is 18.0 Å². The third-order valence-corrected chi connectivity index (χ3v) is 7.57. The lowest BCUT2D eigenvalue weighted by molar-refractivity contribution is 0.00691. The van der Waals surface area contributed by atoms with Gasteiger partial charge in [-0.1, -0.05) is 17.7 Å². The number of fused-ring (bicyclic) bond motifs is 1. The molecule has 0 aliphatic heterocycles. The number of aromatic nitrogens is 3. The minimum Gasteiger partial charge on any atom is -0.456 e. The maximum atomic E-state index is 13.5. The van der Waals surface area contributed by atoms with Crippen LogP contribution < -0.4 is 5.32 Å². The normalized spacial score (nSPS) is 11.9. The smallest absolute Gasteiger partial charge is 0.338 e. The monoisotopic (exact) mass is 534 g/mol. The van der Waals surface area contributed by atoms with E-state index >= 15 is 0 Å². The summed E-state index contributed by atoms with van der Waals surface area (Å²) in [5, 5.41) is 3.21. The average molecular weight is 535 g/mol. The van der Waals surface area contributed by atoms with Crippen molar-refractivity contribution in [2.75, 3.05) is 7.05 Å². The van der Waals surface area contributed by atoms with Gasteiger partial charge in [0, 0.05) is 36.9 Å². The number of amides is 1. The van der Waals surface area contributed by atoms with Crippen molar-refractivity contribution in [3.8, 4) is 0 Å². The molecule has 10 heteroatoms. The van der Waals surface area contributed by atoms with E-state index in [0.717, 1.165) is 5.56 Å². The number of benzene rings is 1. The summed E-state index contributed by atoms with van der Waals surface area (Å²) in [4.78, 5) is 34.3. The molecule has 0 saturated carbocycles. The summed E-state index contributed by atoms with van der Waals surface area (Å²) in [5.41, 5.74) is 2.64. The van der Waals surface area contributed by atoms with Crippen molar-refractivity contribution in [2.24, 2.45) is 0 Å². The Bertz CT molecular complexity index is 1650. The van der Waals surface area contributed by atoms with Crippen LogP contribution in [0.4, 0.5) is 0 Å². The minimum atomic E-state index is -3.86. The third kappa shape index (κ3) is 5.45. The van der Waals surface area contributed by atoms with Crippen LogP contribution in [0.3, 0.4) is 0 Å². The van der Waals surface area contributed by atoms with Gasteiger partial charge in [0.05, 0.1) is 21.7 Å². The Morgan fingerprint density at radius 3 is 2.37 bits per heavy atom. The van der Waals surface area contributed by atoms with Crippen molar-refractivity contribution < 1.29 is 22.7 Å². The van der Waals surface area contributed by atoms with Gasteiger partial charge in [0.25, 0.3) is 15.9 Å². The highest BCUT2D eigenvalue weighted by Gasteiger charge is 2.23. The van der Waals surface area contributed by atoms with Crippen LogP contribution in [0.5, 0.6) is 0 Å². The van der Waals surface area contributed by atoms with Crippen LogP contribution in [0, 0.1) is 13.8 Å². The van der Waals surface area contributed by atoms with Crippen LogP contribution in [0.2, 0.25) is 0 Å². The summed E-state index contributed by atoms with van der Waals surface area (Å²) in [6.07, 6.45) is 3.37. The molecule has 3 aromatic heterocycles. The van der Waals surface area contributed by atoms with E-state index in [0.29, 0.717) is 27.9 Å². The van der Waals surface area contributed by atoms with Gasteiger partial charge in [0.15, 0.2) is 0 Å². The first kappa shape index (κ1) is 27.0. The van der Waals surface area contributed by atoms with E-state index in [-0.39, 0.29) is 22.6 Å². The maximum absolute atomic E-state index is 13.5. The van der Waals surface area contributed by atoms with Crippen LogP contribution in [0.15, 0.2) is 59.8 Å². The molecule has 4 rings (SSSR count). The Balaban J connectivity index is 1.80. The first-order chi connectivity index (χ1) is 17.8. The second-order valence-electron chi connectivity index (χ2n) is 10.1. The predicted molar refractivity (Wildman–Crippen MR) is 144 cm³/mol. The van der Waals surface area contributed by atoms with Gasteiger partial charge in [0.1, 0.15) is 11.3 Å². The molecule has 0 radical (unpaired) electrons. The molecule has 0 aliphatic carbocycles. The van der Waals surface area contributed by atoms with Crippen LogP contribution in [-0.4, -0.2) is 46.9 Å². The first-order valence-corrected chi connectivity index (χ1v) is 13.5. The second-order valence-corrected chi connectivity index (χ2v) is 11.9.